The standard InChI is InChI=1S/C14H20F4N2O4/c15-10(16)14(17,18)8-24-5-4-19-12(23)20-6-9-2-1-3-13(9,7-20)11(21)22/h9-10H,1-8H2,(H,19,23)(H,21,22)/t9-,13+/m0/s1. The molecule has 0 aromatic carbocycles. The maximum Gasteiger partial charge on any atom is 0.330 e. The van der Waals surface area contributed by atoms with Crippen LogP contribution in [0.5, 0.6) is 0 Å². The maximum absolute atomic E-state index is 12.6. The fraction of sp³-hybridized carbons (Fsp3) is 0.857. The molecule has 2 aliphatic rings. The number of nitrogens with zero attached hydrogens (tertiary/aromatic N) is 1. The summed E-state index contributed by atoms with van der Waals surface area (Å²) in [7, 11) is 0. The molecule has 2 N–H and O–H groups in total. The topological polar surface area (TPSA) is 78.9 Å². The second kappa shape index (κ2) is 7.12. The number of carbonyl (C=O) groups is 2. The normalized spacial score (nSPS) is 26.7. The number of amides is 2. The molecule has 6 nitrogen and oxygen atoms in total. The zero-order valence-corrected chi connectivity index (χ0v) is 12.9. The average Bonchev–Trinajstić information content (AvgIpc) is 3.04. The number of fused-ring (bicyclic) bond motifs is 1. The second-order valence-corrected chi connectivity index (χ2v) is 6.28. The first-order valence-electron chi connectivity index (χ1n) is 7.69. The van der Waals surface area contributed by atoms with E-state index in [1.54, 1.807) is 0 Å². The van der Waals surface area contributed by atoms with Gasteiger partial charge in [-0.1, -0.05) is 6.42 Å². The van der Waals surface area contributed by atoms with E-state index in [1.165, 1.54) is 4.90 Å². The fourth-order valence-electron chi connectivity index (χ4n) is 3.41. The molecule has 0 spiro atoms. The van der Waals surface area contributed by atoms with Gasteiger partial charge in [0.15, 0.2) is 0 Å². The molecule has 10 heteroatoms. The smallest absolute Gasteiger partial charge is 0.330 e. The van der Waals surface area contributed by atoms with Gasteiger partial charge in [0.05, 0.1) is 12.0 Å². The van der Waals surface area contributed by atoms with Gasteiger partial charge in [-0.3, -0.25) is 4.79 Å². The van der Waals surface area contributed by atoms with Crippen molar-refractivity contribution in [3.63, 3.8) is 0 Å². The van der Waals surface area contributed by atoms with Crippen molar-refractivity contribution in [2.75, 3.05) is 32.8 Å². The Morgan fingerprint density at radius 2 is 2.12 bits per heavy atom. The number of ether oxygens (including phenoxy) is 1. The monoisotopic (exact) mass is 356 g/mol. The Bertz CT molecular complexity index is 491. The Kier molecular flexibility index (Phi) is 5.56. The number of nitrogens with one attached hydrogen (secondary N) is 1. The lowest BCUT2D eigenvalue weighted by atomic mass is 9.81. The van der Waals surface area contributed by atoms with Crippen molar-refractivity contribution in [3.8, 4) is 0 Å². The second-order valence-electron chi connectivity index (χ2n) is 6.28. The Morgan fingerprint density at radius 1 is 1.42 bits per heavy atom. The van der Waals surface area contributed by atoms with Gasteiger partial charge in [0.25, 0.3) is 0 Å². The summed E-state index contributed by atoms with van der Waals surface area (Å²) < 4.78 is 53.5. The third kappa shape index (κ3) is 3.73. The van der Waals surface area contributed by atoms with Crippen LogP contribution in [0.2, 0.25) is 0 Å². The van der Waals surface area contributed by atoms with Crippen LogP contribution in [0, 0.1) is 11.3 Å². The first kappa shape index (κ1) is 18.8. The number of alkyl halides is 4. The van der Waals surface area contributed by atoms with Crippen molar-refractivity contribution in [2.45, 2.75) is 31.6 Å². The number of carboxylic acids is 1. The molecular weight excluding hydrogens is 336 g/mol. The average molecular weight is 356 g/mol. The van der Waals surface area contributed by atoms with Crippen molar-refractivity contribution < 1.29 is 37.0 Å². The number of hydrogen-bond acceptors (Lipinski definition) is 3. The molecule has 2 amide bonds. The van der Waals surface area contributed by atoms with Crippen LogP contribution in [0.1, 0.15) is 19.3 Å². The lowest BCUT2D eigenvalue weighted by Gasteiger charge is -2.23. The molecule has 1 aliphatic heterocycles. The molecule has 1 heterocycles. The number of carboxylic acid groups (broad SMARTS) is 1. The molecule has 138 valence electrons. The van der Waals surface area contributed by atoms with E-state index in [1.807, 2.05) is 0 Å². The minimum absolute atomic E-state index is 0.0817. The zero-order chi connectivity index (χ0) is 18.0. The van der Waals surface area contributed by atoms with Crippen molar-refractivity contribution in [1.82, 2.24) is 10.2 Å². The van der Waals surface area contributed by atoms with Crippen molar-refractivity contribution in [2.24, 2.45) is 11.3 Å². The predicted molar refractivity (Wildman–Crippen MR) is 74.2 cm³/mol. The maximum atomic E-state index is 12.6. The van der Waals surface area contributed by atoms with Gasteiger partial charge in [0.2, 0.25) is 0 Å². The highest BCUT2D eigenvalue weighted by atomic mass is 19.3. The highest BCUT2D eigenvalue weighted by molar-refractivity contribution is 5.80. The molecule has 24 heavy (non-hydrogen) atoms. The quantitative estimate of drug-likeness (QED) is 0.539. The van der Waals surface area contributed by atoms with E-state index in [0.29, 0.717) is 13.0 Å². The lowest BCUT2D eigenvalue weighted by Crippen LogP contribution is -2.43. The fourth-order valence-corrected chi connectivity index (χ4v) is 3.41. The Hall–Kier alpha value is -1.58. The number of halogens is 4. The summed E-state index contributed by atoms with van der Waals surface area (Å²) in [5.74, 6) is -5.20. The van der Waals surface area contributed by atoms with Gasteiger partial charge in [-0.05, 0) is 18.8 Å². The van der Waals surface area contributed by atoms with Crippen LogP contribution in [0.25, 0.3) is 0 Å². The Balaban J connectivity index is 1.72. The van der Waals surface area contributed by atoms with Gasteiger partial charge in [0, 0.05) is 19.6 Å². The summed E-state index contributed by atoms with van der Waals surface area (Å²) in [5.41, 5.74) is -0.896. The number of aliphatic carboxylic acids is 1. The molecule has 0 unspecified atom stereocenters. The van der Waals surface area contributed by atoms with Gasteiger partial charge >= 0.3 is 24.3 Å². The van der Waals surface area contributed by atoms with E-state index in [0.717, 1.165) is 12.8 Å². The molecular formula is C14H20F4N2O4. The van der Waals surface area contributed by atoms with Crippen molar-refractivity contribution in [1.29, 1.82) is 0 Å². The van der Waals surface area contributed by atoms with E-state index in [2.05, 4.69) is 10.1 Å². The molecule has 0 aromatic heterocycles. The Labute approximate surface area is 136 Å². The summed E-state index contributed by atoms with van der Waals surface area (Å²) >= 11 is 0. The molecule has 2 rings (SSSR count). The van der Waals surface area contributed by atoms with Crippen LogP contribution >= 0.6 is 0 Å². The van der Waals surface area contributed by atoms with Gasteiger partial charge in [0.1, 0.15) is 6.61 Å². The lowest BCUT2D eigenvalue weighted by molar-refractivity contribution is -0.165. The molecule has 1 saturated carbocycles. The van der Waals surface area contributed by atoms with E-state index < -0.39 is 36.4 Å². The third-order valence-electron chi connectivity index (χ3n) is 4.72. The SMILES string of the molecule is O=C(NCCOCC(F)(F)C(F)F)N1C[C@@H]2CCC[C@@]2(C(=O)O)C1. The van der Waals surface area contributed by atoms with Crippen LogP contribution in [0.4, 0.5) is 22.4 Å². The number of urea groups is 1. The van der Waals surface area contributed by atoms with Gasteiger partial charge < -0.3 is 20.1 Å². The molecule has 0 aromatic rings. The van der Waals surface area contributed by atoms with E-state index in [-0.39, 0.29) is 25.6 Å². The number of likely N-dealkylation sites (tertiary alicyclic amines) is 1. The van der Waals surface area contributed by atoms with Crippen molar-refractivity contribution in [3.05, 3.63) is 0 Å². The predicted octanol–water partition coefficient (Wildman–Crippen LogP) is 1.80. The van der Waals surface area contributed by atoms with E-state index in [4.69, 9.17) is 0 Å². The summed E-state index contributed by atoms with van der Waals surface area (Å²) in [5, 5.41) is 11.9. The number of rotatable bonds is 7. The largest absolute Gasteiger partial charge is 0.481 e. The van der Waals surface area contributed by atoms with Gasteiger partial charge in [-0.2, -0.15) is 8.78 Å². The highest BCUT2D eigenvalue weighted by Crippen LogP contribution is 2.48. The molecule has 1 aliphatic carbocycles. The van der Waals surface area contributed by atoms with Crippen LogP contribution < -0.4 is 5.32 Å². The first-order valence-corrected chi connectivity index (χ1v) is 7.69. The van der Waals surface area contributed by atoms with E-state index in [9.17, 15) is 32.3 Å². The van der Waals surface area contributed by atoms with Gasteiger partial charge in [-0.25, -0.2) is 13.6 Å². The highest BCUT2D eigenvalue weighted by Gasteiger charge is 2.55. The Morgan fingerprint density at radius 3 is 2.71 bits per heavy atom. The first-order chi connectivity index (χ1) is 11.2. The summed E-state index contributed by atoms with van der Waals surface area (Å²) in [6.45, 7) is -1.44. The number of carbonyl (C=O) groups excluding carboxylic acids is 1. The zero-order valence-electron chi connectivity index (χ0n) is 12.9. The summed E-state index contributed by atoms with van der Waals surface area (Å²) in [4.78, 5) is 24.9. The van der Waals surface area contributed by atoms with Crippen LogP contribution in [-0.4, -0.2) is 67.2 Å². The minimum atomic E-state index is -4.22. The van der Waals surface area contributed by atoms with Crippen LogP contribution in [-0.2, 0) is 9.53 Å². The summed E-state index contributed by atoms with van der Waals surface area (Å²) in [6.07, 6.45) is -1.70. The molecule has 2 atom stereocenters. The van der Waals surface area contributed by atoms with Gasteiger partial charge in [-0.15, -0.1) is 0 Å². The molecule has 0 radical (unpaired) electrons. The molecule has 0 bridgehead atoms. The van der Waals surface area contributed by atoms with E-state index >= 15 is 0 Å². The molecule has 2 fully saturated rings. The third-order valence-corrected chi connectivity index (χ3v) is 4.72. The number of hydrogen-bond donors (Lipinski definition) is 2. The van der Waals surface area contributed by atoms with Crippen molar-refractivity contribution >= 4 is 12.0 Å². The van der Waals surface area contributed by atoms with Crippen LogP contribution in [0.3, 0.4) is 0 Å². The van der Waals surface area contributed by atoms with Crippen LogP contribution in [0.15, 0.2) is 0 Å². The summed E-state index contributed by atoms with van der Waals surface area (Å²) in [6, 6.07) is -0.505. The minimum Gasteiger partial charge on any atom is -0.481 e. The molecule has 1 saturated heterocycles.